The van der Waals surface area contributed by atoms with Crippen molar-refractivity contribution >= 4 is 34.6 Å². The first kappa shape index (κ1) is 20.2. The fourth-order valence-electron chi connectivity index (χ4n) is 3.62. The molecule has 0 aliphatic heterocycles. The van der Waals surface area contributed by atoms with Gasteiger partial charge in [0.1, 0.15) is 5.82 Å². The molecule has 1 aliphatic carbocycles. The molecule has 0 spiro atoms. The van der Waals surface area contributed by atoms with Gasteiger partial charge in [0, 0.05) is 23.8 Å². The van der Waals surface area contributed by atoms with Crippen molar-refractivity contribution in [1.29, 1.82) is 0 Å². The molecule has 1 amide bonds. The average molecular weight is 427 g/mol. The third kappa shape index (κ3) is 4.42. The highest BCUT2D eigenvalue weighted by atomic mass is 32.1. The van der Waals surface area contributed by atoms with Crippen molar-refractivity contribution in [3.63, 3.8) is 0 Å². The Labute approximate surface area is 177 Å². The van der Waals surface area contributed by atoms with Crippen LogP contribution in [0.2, 0.25) is 0 Å². The van der Waals surface area contributed by atoms with E-state index < -0.39 is 11.7 Å². The Balaban J connectivity index is 1.64. The summed E-state index contributed by atoms with van der Waals surface area (Å²) in [5.41, 5.74) is 14.2. The normalized spacial score (nSPS) is 18.7. The van der Waals surface area contributed by atoms with Crippen molar-refractivity contribution in [2.24, 2.45) is 11.5 Å². The number of hydrogen-bond donors (Lipinski definition) is 4. The van der Waals surface area contributed by atoms with Gasteiger partial charge in [0.25, 0.3) is 5.91 Å². The monoisotopic (exact) mass is 426 g/mol. The number of hydrogen-bond acceptors (Lipinski definition) is 7. The van der Waals surface area contributed by atoms with E-state index in [4.69, 9.17) is 11.5 Å². The maximum Gasteiger partial charge on any atom is 0.252 e. The minimum absolute atomic E-state index is 0.0353. The van der Waals surface area contributed by atoms with Crippen LogP contribution in [0.5, 0.6) is 0 Å². The molecule has 4 rings (SSSR count). The summed E-state index contributed by atoms with van der Waals surface area (Å²) >= 11 is 1.59. The zero-order valence-electron chi connectivity index (χ0n) is 16.3. The molecule has 0 bridgehead atoms. The number of amides is 1. The number of primary amides is 1. The molecule has 1 aliphatic rings. The number of nitrogens with one attached hydrogen (secondary N) is 2. The van der Waals surface area contributed by atoms with E-state index in [1.807, 2.05) is 22.9 Å². The van der Waals surface area contributed by atoms with Gasteiger partial charge in [0.05, 0.1) is 17.4 Å². The first-order valence-electron chi connectivity index (χ1n) is 9.78. The number of pyridine rings is 2. The largest absolute Gasteiger partial charge is 0.365 e. The number of nitrogens with zero attached hydrogens (tertiary/aromatic N) is 2. The quantitative estimate of drug-likeness (QED) is 0.475. The molecular weight excluding hydrogens is 403 g/mol. The maximum absolute atomic E-state index is 14.6. The molecule has 9 heteroatoms. The van der Waals surface area contributed by atoms with Gasteiger partial charge in [-0.1, -0.05) is 12.8 Å². The summed E-state index contributed by atoms with van der Waals surface area (Å²) in [5.74, 6) is -1.20. The summed E-state index contributed by atoms with van der Waals surface area (Å²) < 4.78 is 14.6. The van der Waals surface area contributed by atoms with Gasteiger partial charge >= 0.3 is 0 Å². The molecular formula is C21H23FN6OS. The second kappa shape index (κ2) is 8.76. The van der Waals surface area contributed by atoms with E-state index in [9.17, 15) is 9.18 Å². The number of aromatic nitrogens is 2. The van der Waals surface area contributed by atoms with Crippen LogP contribution >= 0.6 is 11.3 Å². The number of halogens is 1. The number of carbonyl (C=O) groups excluding carboxylic acids is 1. The van der Waals surface area contributed by atoms with Gasteiger partial charge in [0.2, 0.25) is 0 Å². The summed E-state index contributed by atoms with van der Waals surface area (Å²) in [7, 11) is 0. The van der Waals surface area contributed by atoms with Crippen molar-refractivity contribution in [3.05, 3.63) is 52.7 Å². The van der Waals surface area contributed by atoms with Gasteiger partial charge in [-0.25, -0.2) is 9.37 Å². The topological polar surface area (TPSA) is 119 Å². The van der Waals surface area contributed by atoms with Crippen LogP contribution in [0.15, 0.2) is 41.4 Å². The van der Waals surface area contributed by atoms with Gasteiger partial charge in [-0.05, 0) is 47.4 Å². The zero-order chi connectivity index (χ0) is 21.1. The Morgan fingerprint density at radius 2 is 2.00 bits per heavy atom. The molecule has 3 heterocycles. The molecule has 3 aromatic rings. The maximum atomic E-state index is 14.6. The molecule has 3 aromatic heterocycles. The Hall–Kier alpha value is -3.04. The summed E-state index contributed by atoms with van der Waals surface area (Å²) in [5, 5.41) is 10.2. The summed E-state index contributed by atoms with van der Waals surface area (Å²) in [6.07, 6.45) is 7.17. The average Bonchev–Trinajstić information content (AvgIpc) is 3.27. The van der Waals surface area contributed by atoms with E-state index in [-0.39, 0.29) is 29.3 Å². The fourth-order valence-corrected chi connectivity index (χ4v) is 4.28. The van der Waals surface area contributed by atoms with Crippen LogP contribution in [0, 0.1) is 5.82 Å². The molecule has 7 nitrogen and oxygen atoms in total. The first-order valence-corrected chi connectivity index (χ1v) is 10.7. The highest BCUT2D eigenvalue weighted by Gasteiger charge is 2.24. The number of carbonyl (C=O) groups is 1. The lowest BCUT2D eigenvalue weighted by Gasteiger charge is -2.30. The van der Waals surface area contributed by atoms with Crippen molar-refractivity contribution < 1.29 is 9.18 Å². The van der Waals surface area contributed by atoms with Crippen molar-refractivity contribution in [3.8, 4) is 11.1 Å². The van der Waals surface area contributed by atoms with Crippen LogP contribution in [-0.2, 0) is 0 Å². The van der Waals surface area contributed by atoms with E-state index in [1.54, 1.807) is 23.7 Å². The Morgan fingerprint density at radius 1 is 1.17 bits per heavy atom. The van der Waals surface area contributed by atoms with E-state index in [0.717, 1.165) is 42.9 Å². The molecule has 1 fully saturated rings. The van der Waals surface area contributed by atoms with Crippen LogP contribution < -0.4 is 22.1 Å². The number of thiophene rings is 1. The third-order valence-corrected chi connectivity index (χ3v) is 5.92. The molecule has 0 aromatic carbocycles. The minimum Gasteiger partial charge on any atom is -0.365 e. The van der Waals surface area contributed by atoms with Crippen LogP contribution in [0.1, 0.15) is 36.0 Å². The zero-order valence-corrected chi connectivity index (χ0v) is 17.1. The molecule has 2 atom stereocenters. The van der Waals surface area contributed by atoms with E-state index in [2.05, 4.69) is 20.6 Å². The van der Waals surface area contributed by atoms with E-state index in [1.165, 1.54) is 0 Å². The standard InChI is InChI=1S/C21H23FN6OS/c22-16-8-15(19(24)29)20(28-21(16)27-18-4-2-1-3-17(18)23)26-14-7-13(9-25-10-14)12-5-6-30-11-12/h5-11,17-18H,1-4,23H2,(H2,24,29)(H2,26,27,28)/t17-,18?/m0/s1. The van der Waals surface area contributed by atoms with Crippen molar-refractivity contribution in [2.75, 3.05) is 10.6 Å². The highest BCUT2D eigenvalue weighted by Crippen LogP contribution is 2.28. The molecule has 6 N–H and O–H groups in total. The van der Waals surface area contributed by atoms with Gasteiger partial charge in [0.15, 0.2) is 11.6 Å². The third-order valence-electron chi connectivity index (χ3n) is 5.24. The van der Waals surface area contributed by atoms with E-state index >= 15 is 0 Å². The Bertz CT molecular complexity index is 1040. The summed E-state index contributed by atoms with van der Waals surface area (Å²) in [6, 6.07) is 4.83. The van der Waals surface area contributed by atoms with Crippen molar-refractivity contribution in [2.45, 2.75) is 37.8 Å². The predicted molar refractivity (Wildman–Crippen MR) is 117 cm³/mol. The van der Waals surface area contributed by atoms with Gasteiger partial charge < -0.3 is 22.1 Å². The fraction of sp³-hybridized carbons (Fsp3) is 0.286. The van der Waals surface area contributed by atoms with Crippen LogP contribution in [0.4, 0.5) is 21.7 Å². The van der Waals surface area contributed by atoms with Crippen molar-refractivity contribution in [1.82, 2.24) is 9.97 Å². The lowest BCUT2D eigenvalue weighted by atomic mass is 9.91. The number of rotatable bonds is 6. The van der Waals surface area contributed by atoms with Crippen LogP contribution in [0.25, 0.3) is 11.1 Å². The summed E-state index contributed by atoms with van der Waals surface area (Å²) in [6.45, 7) is 0. The second-order valence-corrected chi connectivity index (χ2v) is 8.16. The number of anilines is 3. The van der Waals surface area contributed by atoms with Crippen LogP contribution in [-0.4, -0.2) is 28.0 Å². The lowest BCUT2D eigenvalue weighted by Crippen LogP contribution is -2.43. The molecule has 0 saturated heterocycles. The molecule has 156 valence electrons. The molecule has 0 radical (unpaired) electrons. The predicted octanol–water partition coefficient (Wildman–Crippen LogP) is 3.87. The second-order valence-electron chi connectivity index (χ2n) is 7.38. The summed E-state index contributed by atoms with van der Waals surface area (Å²) in [4.78, 5) is 20.5. The Morgan fingerprint density at radius 3 is 2.73 bits per heavy atom. The molecule has 1 unspecified atom stereocenters. The van der Waals surface area contributed by atoms with Crippen LogP contribution in [0.3, 0.4) is 0 Å². The highest BCUT2D eigenvalue weighted by molar-refractivity contribution is 7.08. The van der Waals surface area contributed by atoms with E-state index in [0.29, 0.717) is 5.69 Å². The lowest BCUT2D eigenvalue weighted by molar-refractivity contribution is 0.100. The molecule has 1 saturated carbocycles. The molecule has 30 heavy (non-hydrogen) atoms. The van der Waals surface area contributed by atoms with Gasteiger partial charge in [-0.3, -0.25) is 9.78 Å². The first-order chi connectivity index (χ1) is 14.5. The minimum atomic E-state index is -0.772. The van der Waals surface area contributed by atoms with Gasteiger partial charge in [-0.2, -0.15) is 11.3 Å². The Kier molecular flexibility index (Phi) is 5.91. The number of nitrogens with two attached hydrogens (primary N) is 2. The van der Waals surface area contributed by atoms with Gasteiger partial charge in [-0.15, -0.1) is 0 Å². The smallest absolute Gasteiger partial charge is 0.252 e. The SMILES string of the molecule is NC(=O)c1cc(F)c(NC2CCCC[C@@H]2N)nc1Nc1cncc(-c2ccsc2)c1.